The van der Waals surface area contributed by atoms with Crippen molar-refractivity contribution in [3.8, 4) is 0 Å². The minimum Gasteiger partial charge on any atom is -1.00 e. The Labute approximate surface area is 98.2 Å². The second-order valence-electron chi connectivity index (χ2n) is 3.77. The van der Waals surface area contributed by atoms with Crippen molar-refractivity contribution in [1.82, 2.24) is 0 Å². The van der Waals surface area contributed by atoms with E-state index in [1.165, 1.54) is 32.4 Å². The van der Waals surface area contributed by atoms with E-state index >= 15 is 0 Å². The number of likely N-dealkylation sites (tertiary alicyclic amines) is 1. The first-order chi connectivity index (χ1) is 5.83. The van der Waals surface area contributed by atoms with E-state index in [4.69, 9.17) is 5.11 Å². The zero-order valence-electron chi connectivity index (χ0n) is 8.21. The molecule has 0 bridgehead atoms. The van der Waals surface area contributed by atoms with Crippen LogP contribution < -0.4 is 24.0 Å². The Bertz CT molecular complexity index is 138. The molecule has 0 unspecified atom stereocenters. The number of halogens is 1. The smallest absolute Gasteiger partial charge is 0.102 e. The predicted octanol–water partition coefficient (Wildman–Crippen LogP) is -1.83. The summed E-state index contributed by atoms with van der Waals surface area (Å²) in [5, 5.41) is 8.96. The lowest BCUT2D eigenvalue weighted by molar-refractivity contribution is -0.927. The van der Waals surface area contributed by atoms with Gasteiger partial charge in [0.15, 0.2) is 0 Å². The van der Waals surface area contributed by atoms with E-state index in [2.05, 4.69) is 6.58 Å². The summed E-state index contributed by atoms with van der Waals surface area (Å²) in [6.45, 7) is 8.49. The summed E-state index contributed by atoms with van der Waals surface area (Å²) < 4.78 is 1.07. The van der Waals surface area contributed by atoms with Gasteiger partial charge in [0.05, 0.1) is 26.2 Å². The highest BCUT2D eigenvalue weighted by molar-refractivity contribution is 4.68. The molecule has 2 nitrogen and oxygen atoms in total. The maximum absolute atomic E-state index is 8.96. The molecule has 1 aliphatic rings. The molecule has 1 N–H and O–H groups in total. The third-order valence-corrected chi connectivity index (χ3v) is 2.86. The summed E-state index contributed by atoms with van der Waals surface area (Å²) >= 11 is 0. The normalized spacial score (nSPS) is 20.4. The molecule has 0 saturated carbocycles. The molecular formula is C10H20INO. The molecule has 78 valence electrons. The molecule has 0 aromatic heterocycles. The standard InChI is InChI=1S/C10H20NO.HI/c1-2-6-11(9-10-12)7-4-3-5-8-11;/h2,12H,1,3-10H2;1H/q+1;/p-1. The molecule has 1 aliphatic heterocycles. The van der Waals surface area contributed by atoms with Gasteiger partial charge in [0.1, 0.15) is 6.54 Å². The van der Waals surface area contributed by atoms with Crippen LogP contribution in [0.5, 0.6) is 0 Å². The molecule has 0 atom stereocenters. The highest BCUT2D eigenvalue weighted by atomic mass is 127. The Morgan fingerprint density at radius 3 is 2.31 bits per heavy atom. The van der Waals surface area contributed by atoms with Gasteiger partial charge in [-0.3, -0.25) is 0 Å². The van der Waals surface area contributed by atoms with Gasteiger partial charge in [0.25, 0.3) is 0 Å². The van der Waals surface area contributed by atoms with Crippen LogP contribution in [0.2, 0.25) is 0 Å². The van der Waals surface area contributed by atoms with Crippen LogP contribution in [-0.2, 0) is 0 Å². The van der Waals surface area contributed by atoms with E-state index in [0.29, 0.717) is 6.61 Å². The maximum Gasteiger partial charge on any atom is 0.102 e. The number of hydrogen-bond donors (Lipinski definition) is 1. The van der Waals surface area contributed by atoms with Gasteiger partial charge in [0, 0.05) is 0 Å². The molecular weight excluding hydrogens is 277 g/mol. The highest BCUT2D eigenvalue weighted by Crippen LogP contribution is 2.18. The van der Waals surface area contributed by atoms with E-state index in [-0.39, 0.29) is 24.0 Å². The number of aliphatic hydroxyl groups is 1. The van der Waals surface area contributed by atoms with Crippen LogP contribution in [0.25, 0.3) is 0 Å². The lowest BCUT2D eigenvalue weighted by Crippen LogP contribution is -3.00. The Kier molecular flexibility index (Phi) is 6.99. The van der Waals surface area contributed by atoms with Gasteiger partial charge >= 0.3 is 0 Å². The first-order valence-corrected chi connectivity index (χ1v) is 4.90. The first kappa shape index (κ1) is 13.4. The maximum atomic E-state index is 8.96. The lowest BCUT2D eigenvalue weighted by Gasteiger charge is -2.40. The lowest BCUT2D eigenvalue weighted by atomic mass is 10.1. The molecule has 0 aromatic carbocycles. The van der Waals surface area contributed by atoms with Gasteiger partial charge in [-0.2, -0.15) is 0 Å². The van der Waals surface area contributed by atoms with Crippen LogP contribution in [0, 0.1) is 0 Å². The summed E-state index contributed by atoms with van der Waals surface area (Å²) in [6, 6.07) is 0. The second-order valence-corrected chi connectivity index (χ2v) is 3.77. The monoisotopic (exact) mass is 297 g/mol. The highest BCUT2D eigenvalue weighted by Gasteiger charge is 2.27. The van der Waals surface area contributed by atoms with E-state index in [0.717, 1.165) is 17.6 Å². The van der Waals surface area contributed by atoms with Gasteiger partial charge in [-0.15, -0.1) is 0 Å². The quantitative estimate of drug-likeness (QED) is 0.368. The van der Waals surface area contributed by atoms with Gasteiger partial charge < -0.3 is 33.6 Å². The zero-order valence-corrected chi connectivity index (χ0v) is 10.4. The largest absolute Gasteiger partial charge is 1.00 e. The third-order valence-electron chi connectivity index (χ3n) is 2.86. The molecule has 1 saturated heterocycles. The second kappa shape index (κ2) is 6.79. The number of nitrogens with zero attached hydrogens (tertiary/aromatic N) is 1. The predicted molar refractivity (Wildman–Crippen MR) is 50.9 cm³/mol. The topological polar surface area (TPSA) is 20.2 Å². The van der Waals surface area contributed by atoms with Crippen molar-refractivity contribution in [3.05, 3.63) is 12.7 Å². The van der Waals surface area contributed by atoms with Gasteiger partial charge in [-0.05, 0) is 25.3 Å². The minimum atomic E-state index is 0. The number of piperidine rings is 1. The summed E-state index contributed by atoms with van der Waals surface area (Å²) in [7, 11) is 0. The van der Waals surface area contributed by atoms with E-state index in [9.17, 15) is 0 Å². The van der Waals surface area contributed by atoms with Crippen LogP contribution in [0.4, 0.5) is 0 Å². The average molecular weight is 297 g/mol. The SMILES string of the molecule is C=CC[N+]1(CCO)CCCCC1.[I-]. The molecule has 1 heterocycles. The van der Waals surface area contributed by atoms with E-state index in [1.54, 1.807) is 0 Å². The zero-order chi connectivity index (χ0) is 8.86. The van der Waals surface area contributed by atoms with E-state index < -0.39 is 0 Å². The van der Waals surface area contributed by atoms with Crippen LogP contribution in [0.3, 0.4) is 0 Å². The number of hydrogen-bond acceptors (Lipinski definition) is 1. The Morgan fingerprint density at radius 1 is 1.23 bits per heavy atom. The van der Waals surface area contributed by atoms with Crippen LogP contribution in [-0.4, -0.2) is 42.4 Å². The molecule has 0 aromatic rings. The summed E-state index contributed by atoms with van der Waals surface area (Å²) in [6.07, 6.45) is 5.98. The molecule has 0 aliphatic carbocycles. The Balaban J connectivity index is 0.00000144. The van der Waals surface area contributed by atoms with Crippen molar-refractivity contribution < 1.29 is 33.6 Å². The molecule has 0 spiro atoms. The minimum absolute atomic E-state index is 0. The van der Waals surface area contributed by atoms with Gasteiger partial charge in [0.2, 0.25) is 0 Å². The molecule has 0 radical (unpaired) electrons. The van der Waals surface area contributed by atoms with Crippen molar-refractivity contribution >= 4 is 0 Å². The van der Waals surface area contributed by atoms with Gasteiger partial charge in [-0.1, -0.05) is 6.58 Å². The van der Waals surface area contributed by atoms with Crippen molar-refractivity contribution in [1.29, 1.82) is 0 Å². The van der Waals surface area contributed by atoms with E-state index in [1.807, 2.05) is 6.08 Å². The number of rotatable bonds is 4. The van der Waals surface area contributed by atoms with Crippen LogP contribution in [0.15, 0.2) is 12.7 Å². The van der Waals surface area contributed by atoms with Crippen molar-refractivity contribution in [2.75, 3.05) is 32.8 Å². The Hall–Kier alpha value is 0.390. The fraction of sp³-hybridized carbons (Fsp3) is 0.800. The summed E-state index contributed by atoms with van der Waals surface area (Å²) in [4.78, 5) is 0. The third kappa shape index (κ3) is 3.95. The van der Waals surface area contributed by atoms with Crippen molar-refractivity contribution in [3.63, 3.8) is 0 Å². The molecule has 13 heavy (non-hydrogen) atoms. The molecule has 1 rings (SSSR count). The fourth-order valence-corrected chi connectivity index (χ4v) is 2.17. The molecule has 0 amide bonds. The molecule has 3 heteroatoms. The fourth-order valence-electron chi connectivity index (χ4n) is 2.17. The van der Waals surface area contributed by atoms with Gasteiger partial charge in [-0.25, -0.2) is 0 Å². The van der Waals surface area contributed by atoms with Crippen molar-refractivity contribution in [2.45, 2.75) is 19.3 Å². The number of quaternary nitrogens is 1. The summed E-state index contributed by atoms with van der Waals surface area (Å²) in [5.41, 5.74) is 0. The van der Waals surface area contributed by atoms with Crippen LogP contribution in [0.1, 0.15) is 19.3 Å². The summed E-state index contributed by atoms with van der Waals surface area (Å²) in [5.74, 6) is 0. The number of aliphatic hydroxyl groups excluding tert-OH is 1. The first-order valence-electron chi connectivity index (χ1n) is 4.90. The Morgan fingerprint density at radius 2 is 1.85 bits per heavy atom. The average Bonchev–Trinajstić information content (AvgIpc) is 2.07. The molecule has 1 fully saturated rings. The van der Waals surface area contributed by atoms with Crippen LogP contribution >= 0.6 is 0 Å². The van der Waals surface area contributed by atoms with Crippen molar-refractivity contribution in [2.24, 2.45) is 0 Å².